The molecular weight excluding hydrogens is 545 g/mol. The van der Waals surface area contributed by atoms with E-state index in [2.05, 4.69) is 66.1 Å². The van der Waals surface area contributed by atoms with Crippen molar-refractivity contribution in [3.8, 4) is 0 Å². The van der Waals surface area contributed by atoms with Crippen LogP contribution in [0.3, 0.4) is 0 Å². The minimum absolute atomic E-state index is 0.257. The fourth-order valence-corrected chi connectivity index (χ4v) is 6.74. The van der Waals surface area contributed by atoms with Gasteiger partial charge >= 0.3 is 7.25 Å². The molecule has 0 aliphatic heterocycles. The maximum absolute atomic E-state index is 9.75. The van der Waals surface area contributed by atoms with Gasteiger partial charge in [0, 0.05) is 18.4 Å². The Morgan fingerprint density at radius 3 is 1.33 bits per heavy atom. The van der Waals surface area contributed by atoms with Gasteiger partial charge in [-0.15, -0.1) is 0 Å². The Balaban J connectivity index is 0.00000324. The summed E-state index contributed by atoms with van der Waals surface area (Å²) in [5.74, 6) is 0. The predicted molar refractivity (Wildman–Crippen MR) is 183 cm³/mol. The molecule has 1 nitrogen and oxygen atoms in total. The second-order valence-corrected chi connectivity index (χ2v) is 13.5. The van der Waals surface area contributed by atoms with Crippen molar-refractivity contribution in [2.24, 2.45) is 0 Å². The van der Waals surface area contributed by atoms with Crippen LogP contribution in [0.5, 0.6) is 0 Å². The van der Waals surface area contributed by atoms with E-state index in [0.29, 0.717) is 0 Å². The first-order valence-electron chi connectivity index (χ1n) is 18.3. The summed E-state index contributed by atoms with van der Waals surface area (Å²) in [7, 11) is -0.853. The summed E-state index contributed by atoms with van der Waals surface area (Å²) in [6.45, 7) is 10.7. The van der Waals surface area contributed by atoms with Gasteiger partial charge in [-0.3, -0.25) is 0 Å². The van der Waals surface area contributed by atoms with Crippen molar-refractivity contribution in [1.29, 1.82) is 0 Å². The minimum atomic E-state index is -6.00. The van der Waals surface area contributed by atoms with Gasteiger partial charge in [0.05, 0.1) is 20.6 Å². The van der Waals surface area contributed by atoms with Crippen molar-refractivity contribution in [3.63, 3.8) is 0 Å². The molecule has 0 unspecified atom stereocenters. The number of benzene rings is 1. The van der Waals surface area contributed by atoms with E-state index >= 15 is 0 Å². The largest absolute Gasteiger partial charge is 0.673 e. The standard InChI is InChI=1S/C37H70N.BF4/c1-7-11-15-16-17-18-19-20-21-22-23-24-25-28-34-38(5,6)37(32-13-9-3,33-14-10-4)36-31-27-26-30-35(36)29-12-8-2;2-1(3,4)5/h26-27,30-31H,7-25,28-29,32-34H2,1-6H3;/q+1;-1. The highest BCUT2D eigenvalue weighted by Gasteiger charge is 2.46. The van der Waals surface area contributed by atoms with Crippen molar-refractivity contribution in [3.05, 3.63) is 35.4 Å². The highest BCUT2D eigenvalue weighted by atomic mass is 19.5. The zero-order valence-electron chi connectivity index (χ0n) is 29.3. The van der Waals surface area contributed by atoms with Crippen molar-refractivity contribution < 1.29 is 21.7 Å². The fraction of sp³-hybridized carbons (Fsp3) is 0.838. The molecule has 6 heteroatoms. The van der Waals surface area contributed by atoms with Crippen molar-refractivity contribution in [2.45, 2.75) is 181 Å². The Labute approximate surface area is 265 Å². The number of quaternary nitrogens is 1. The first-order valence-corrected chi connectivity index (χ1v) is 18.3. The number of hydrogen-bond acceptors (Lipinski definition) is 0. The molecule has 254 valence electrons. The third kappa shape index (κ3) is 19.9. The van der Waals surface area contributed by atoms with Crippen LogP contribution >= 0.6 is 0 Å². The molecule has 0 radical (unpaired) electrons. The molecule has 0 bridgehead atoms. The third-order valence-electron chi connectivity index (χ3n) is 9.44. The molecule has 0 N–H and O–H groups in total. The van der Waals surface area contributed by atoms with Crippen LogP contribution in [0.2, 0.25) is 0 Å². The lowest BCUT2D eigenvalue weighted by Gasteiger charge is -2.50. The number of halogens is 4. The molecule has 0 aromatic heterocycles. The summed E-state index contributed by atoms with van der Waals surface area (Å²) in [5.41, 5.74) is 3.58. The van der Waals surface area contributed by atoms with Crippen molar-refractivity contribution in [2.75, 3.05) is 20.6 Å². The van der Waals surface area contributed by atoms with Crippen LogP contribution < -0.4 is 0 Å². The summed E-state index contributed by atoms with van der Waals surface area (Å²) in [6, 6.07) is 9.57. The van der Waals surface area contributed by atoms with Gasteiger partial charge in [0.2, 0.25) is 0 Å². The van der Waals surface area contributed by atoms with E-state index in [-0.39, 0.29) is 5.54 Å². The Morgan fingerprint density at radius 1 is 0.535 bits per heavy atom. The molecule has 0 aliphatic rings. The van der Waals surface area contributed by atoms with E-state index in [1.165, 1.54) is 154 Å². The zero-order chi connectivity index (χ0) is 32.5. The molecule has 0 fully saturated rings. The van der Waals surface area contributed by atoms with Crippen LogP contribution in [-0.4, -0.2) is 32.4 Å². The molecule has 1 aromatic carbocycles. The van der Waals surface area contributed by atoms with Crippen LogP contribution in [0.15, 0.2) is 24.3 Å². The average Bonchev–Trinajstić information content (AvgIpc) is 2.95. The third-order valence-corrected chi connectivity index (χ3v) is 9.44. The van der Waals surface area contributed by atoms with Gasteiger partial charge in [-0.05, 0) is 44.1 Å². The lowest BCUT2D eigenvalue weighted by Crippen LogP contribution is -2.58. The molecule has 0 saturated carbocycles. The summed E-state index contributed by atoms with van der Waals surface area (Å²) >= 11 is 0. The minimum Gasteiger partial charge on any atom is -0.418 e. The smallest absolute Gasteiger partial charge is 0.418 e. The molecule has 0 saturated heterocycles. The van der Waals surface area contributed by atoms with E-state index in [0.717, 1.165) is 4.48 Å². The fourth-order valence-electron chi connectivity index (χ4n) is 6.74. The van der Waals surface area contributed by atoms with Gasteiger partial charge in [-0.1, -0.05) is 148 Å². The molecule has 0 atom stereocenters. The van der Waals surface area contributed by atoms with E-state index in [1.54, 1.807) is 11.1 Å². The number of nitrogens with zero attached hydrogens (tertiary/aromatic N) is 1. The van der Waals surface area contributed by atoms with Crippen LogP contribution in [0.1, 0.15) is 180 Å². The number of unbranched alkanes of at least 4 members (excludes halogenated alkanes) is 16. The van der Waals surface area contributed by atoms with E-state index < -0.39 is 7.25 Å². The molecule has 43 heavy (non-hydrogen) atoms. The monoisotopic (exact) mass is 616 g/mol. The summed E-state index contributed by atoms with van der Waals surface area (Å²) < 4.78 is 40.2. The van der Waals surface area contributed by atoms with Gasteiger partial charge < -0.3 is 21.7 Å². The molecule has 0 spiro atoms. The van der Waals surface area contributed by atoms with Crippen LogP contribution in [0, 0.1) is 0 Å². The molecular formula is C37H70BF4N. The summed E-state index contributed by atoms with van der Waals surface area (Å²) in [4.78, 5) is 0. The van der Waals surface area contributed by atoms with Crippen molar-refractivity contribution >= 4 is 7.25 Å². The summed E-state index contributed by atoms with van der Waals surface area (Å²) in [5, 5.41) is 0. The molecule has 0 heterocycles. The van der Waals surface area contributed by atoms with Gasteiger partial charge in [-0.25, -0.2) is 0 Å². The Bertz CT molecular complexity index is 751. The highest BCUT2D eigenvalue weighted by Crippen LogP contribution is 2.44. The first kappa shape index (κ1) is 42.0. The van der Waals surface area contributed by atoms with E-state index in [1.807, 2.05) is 0 Å². The predicted octanol–water partition coefficient (Wildman–Crippen LogP) is 13.5. The second-order valence-electron chi connectivity index (χ2n) is 13.5. The maximum atomic E-state index is 9.75. The normalized spacial score (nSPS) is 12.3. The maximum Gasteiger partial charge on any atom is 0.673 e. The topological polar surface area (TPSA) is 0 Å². The van der Waals surface area contributed by atoms with Gasteiger partial charge in [0.15, 0.2) is 0 Å². The highest BCUT2D eigenvalue weighted by molar-refractivity contribution is 6.50. The van der Waals surface area contributed by atoms with Crippen LogP contribution in [-0.2, 0) is 12.0 Å². The molecule has 0 amide bonds. The molecule has 1 rings (SSSR count). The molecule has 1 aromatic rings. The zero-order valence-corrected chi connectivity index (χ0v) is 29.3. The van der Waals surface area contributed by atoms with Crippen LogP contribution in [0.4, 0.5) is 17.3 Å². The summed E-state index contributed by atoms with van der Waals surface area (Å²) in [6.07, 6.45) is 31.9. The number of aryl methyl sites for hydroxylation is 1. The average molecular weight is 616 g/mol. The van der Waals surface area contributed by atoms with Gasteiger partial charge in [0.25, 0.3) is 0 Å². The molecule has 0 aliphatic carbocycles. The van der Waals surface area contributed by atoms with E-state index in [4.69, 9.17) is 0 Å². The van der Waals surface area contributed by atoms with Gasteiger partial charge in [-0.2, -0.15) is 0 Å². The number of hydrogen-bond donors (Lipinski definition) is 0. The van der Waals surface area contributed by atoms with Crippen molar-refractivity contribution in [1.82, 2.24) is 0 Å². The SMILES string of the molecule is CCCCCCCCCCCCCCCC[N+](C)(C)C(CCCC)(CCCC)c1ccccc1CCCC.F[B-](F)(F)F. The second kappa shape index (κ2) is 25.2. The quantitative estimate of drug-likeness (QED) is 0.0421. The Kier molecular flexibility index (Phi) is 24.6. The first-order chi connectivity index (χ1) is 20.5. The van der Waals surface area contributed by atoms with Crippen LogP contribution in [0.25, 0.3) is 0 Å². The lowest BCUT2D eigenvalue weighted by molar-refractivity contribution is -0.951. The van der Waals surface area contributed by atoms with E-state index in [9.17, 15) is 17.3 Å². The van der Waals surface area contributed by atoms with Gasteiger partial charge in [0.1, 0.15) is 5.54 Å². The Hall–Kier alpha value is -1.04. The lowest BCUT2D eigenvalue weighted by atomic mass is 9.75. The number of rotatable bonds is 26. The Morgan fingerprint density at radius 2 is 0.907 bits per heavy atom.